The number of ether oxygens (including phenoxy) is 1. The minimum absolute atomic E-state index is 0.304. The lowest BCUT2D eigenvalue weighted by Gasteiger charge is -1.94. The van der Waals surface area contributed by atoms with Crippen LogP contribution in [0.3, 0.4) is 0 Å². The van der Waals surface area contributed by atoms with E-state index in [0.717, 1.165) is 5.56 Å². The quantitative estimate of drug-likeness (QED) is 0.448. The molecule has 0 fully saturated rings. The van der Waals surface area contributed by atoms with Crippen LogP contribution < -0.4 is 0 Å². The minimum Gasteiger partial charge on any atom is -0.466 e. The van der Waals surface area contributed by atoms with Crippen molar-refractivity contribution in [3.63, 3.8) is 0 Å². The molecule has 0 radical (unpaired) electrons. The van der Waals surface area contributed by atoms with Crippen LogP contribution in [-0.2, 0) is 9.53 Å². The van der Waals surface area contributed by atoms with E-state index in [-0.39, 0.29) is 5.97 Å². The van der Waals surface area contributed by atoms with Gasteiger partial charge in [0.05, 0.1) is 7.11 Å². The fraction of sp³-hybridized carbons (Fsp3) is 0.133. The fourth-order valence-corrected chi connectivity index (χ4v) is 1.22. The first-order valence-corrected chi connectivity index (χ1v) is 5.39. The monoisotopic (exact) mass is 228 g/mol. The summed E-state index contributed by atoms with van der Waals surface area (Å²) in [4.78, 5) is 11.1. The Kier molecular flexibility index (Phi) is 5.52. The van der Waals surface area contributed by atoms with Crippen molar-refractivity contribution in [3.05, 3.63) is 65.8 Å². The van der Waals surface area contributed by atoms with Gasteiger partial charge < -0.3 is 4.74 Å². The SMILES string of the molecule is COC(=O)/C(C)=C/C=C/C=C/c1ccccc1. The molecule has 0 saturated carbocycles. The summed E-state index contributed by atoms with van der Waals surface area (Å²) in [6, 6.07) is 10.0. The molecule has 0 saturated heterocycles. The lowest BCUT2D eigenvalue weighted by Crippen LogP contribution is -2.00. The Morgan fingerprint density at radius 3 is 2.47 bits per heavy atom. The standard InChI is InChI=1S/C15H16O2/c1-13(15(16)17-2)9-5-3-6-10-14-11-7-4-8-12-14/h3-12H,1-2H3/b5-3+,10-6+,13-9+. The average molecular weight is 228 g/mol. The molecule has 0 spiro atoms. The Hall–Kier alpha value is -2.09. The van der Waals surface area contributed by atoms with Crippen molar-refractivity contribution in [1.82, 2.24) is 0 Å². The zero-order chi connectivity index (χ0) is 12.5. The summed E-state index contributed by atoms with van der Waals surface area (Å²) >= 11 is 0. The highest BCUT2D eigenvalue weighted by Gasteiger charge is 1.99. The Balaban J connectivity index is 2.51. The second kappa shape index (κ2) is 7.23. The lowest BCUT2D eigenvalue weighted by molar-refractivity contribution is -0.136. The van der Waals surface area contributed by atoms with Crippen LogP contribution in [0.5, 0.6) is 0 Å². The topological polar surface area (TPSA) is 26.3 Å². The number of hydrogen-bond acceptors (Lipinski definition) is 2. The summed E-state index contributed by atoms with van der Waals surface area (Å²) in [6.07, 6.45) is 9.33. The number of rotatable bonds is 4. The molecular weight excluding hydrogens is 212 g/mol. The summed E-state index contributed by atoms with van der Waals surface area (Å²) in [6.45, 7) is 1.72. The third-order valence-electron chi connectivity index (χ3n) is 2.16. The molecule has 0 aliphatic rings. The highest BCUT2D eigenvalue weighted by molar-refractivity contribution is 5.87. The van der Waals surface area contributed by atoms with Gasteiger partial charge in [0.25, 0.3) is 0 Å². The highest BCUT2D eigenvalue weighted by Crippen LogP contribution is 2.01. The van der Waals surface area contributed by atoms with E-state index in [1.165, 1.54) is 7.11 Å². The van der Waals surface area contributed by atoms with Crippen molar-refractivity contribution in [3.8, 4) is 0 Å². The molecule has 2 heteroatoms. The van der Waals surface area contributed by atoms with Crippen molar-refractivity contribution in [2.75, 3.05) is 7.11 Å². The third kappa shape index (κ3) is 4.98. The first kappa shape index (κ1) is 13.0. The molecule has 88 valence electrons. The molecule has 0 heterocycles. The van der Waals surface area contributed by atoms with Gasteiger partial charge in [0.15, 0.2) is 0 Å². The van der Waals surface area contributed by atoms with Crippen molar-refractivity contribution in [2.45, 2.75) is 6.92 Å². The van der Waals surface area contributed by atoms with E-state index in [9.17, 15) is 4.79 Å². The molecule has 0 aliphatic heterocycles. The number of carbonyl (C=O) groups is 1. The van der Waals surface area contributed by atoms with Gasteiger partial charge in [-0.3, -0.25) is 0 Å². The predicted octanol–water partition coefficient (Wildman–Crippen LogP) is 3.38. The number of carbonyl (C=O) groups excluding carboxylic acids is 1. The maximum absolute atomic E-state index is 11.1. The average Bonchev–Trinajstić information content (AvgIpc) is 2.38. The smallest absolute Gasteiger partial charge is 0.333 e. The number of benzene rings is 1. The summed E-state index contributed by atoms with van der Waals surface area (Å²) < 4.78 is 4.58. The van der Waals surface area contributed by atoms with Crippen LogP contribution in [0, 0.1) is 0 Å². The minimum atomic E-state index is -0.304. The van der Waals surface area contributed by atoms with Crippen LogP contribution in [-0.4, -0.2) is 13.1 Å². The maximum atomic E-state index is 11.1. The molecule has 2 nitrogen and oxygen atoms in total. The van der Waals surface area contributed by atoms with Gasteiger partial charge in [-0.1, -0.05) is 60.7 Å². The number of esters is 1. The van der Waals surface area contributed by atoms with Gasteiger partial charge in [-0.15, -0.1) is 0 Å². The number of allylic oxidation sites excluding steroid dienone is 4. The molecule has 0 aromatic heterocycles. The Bertz CT molecular complexity index is 439. The van der Waals surface area contributed by atoms with Crippen molar-refractivity contribution < 1.29 is 9.53 Å². The molecule has 1 aromatic rings. The van der Waals surface area contributed by atoms with Gasteiger partial charge in [0, 0.05) is 5.57 Å². The van der Waals surface area contributed by atoms with Crippen LogP contribution in [0.25, 0.3) is 6.08 Å². The Labute approximate surface area is 102 Å². The van der Waals surface area contributed by atoms with Gasteiger partial charge in [-0.05, 0) is 12.5 Å². The van der Waals surface area contributed by atoms with E-state index in [1.54, 1.807) is 13.0 Å². The second-order valence-electron chi connectivity index (χ2n) is 3.50. The largest absolute Gasteiger partial charge is 0.466 e. The van der Waals surface area contributed by atoms with Crippen molar-refractivity contribution >= 4 is 12.0 Å². The zero-order valence-corrected chi connectivity index (χ0v) is 10.1. The number of methoxy groups -OCH3 is 1. The van der Waals surface area contributed by atoms with Gasteiger partial charge in [0.1, 0.15) is 0 Å². The Morgan fingerprint density at radius 1 is 1.12 bits per heavy atom. The highest BCUT2D eigenvalue weighted by atomic mass is 16.5. The molecule has 0 aliphatic carbocycles. The van der Waals surface area contributed by atoms with Crippen molar-refractivity contribution in [1.29, 1.82) is 0 Å². The molecule has 1 aromatic carbocycles. The molecular formula is C15H16O2. The first-order valence-electron chi connectivity index (χ1n) is 5.39. The van der Waals surface area contributed by atoms with Crippen LogP contribution in [0.4, 0.5) is 0 Å². The van der Waals surface area contributed by atoms with Gasteiger partial charge in [-0.2, -0.15) is 0 Å². The lowest BCUT2D eigenvalue weighted by atomic mass is 10.2. The van der Waals surface area contributed by atoms with E-state index < -0.39 is 0 Å². The van der Waals surface area contributed by atoms with E-state index >= 15 is 0 Å². The molecule has 0 N–H and O–H groups in total. The summed E-state index contributed by atoms with van der Waals surface area (Å²) in [5, 5.41) is 0. The van der Waals surface area contributed by atoms with E-state index in [2.05, 4.69) is 4.74 Å². The van der Waals surface area contributed by atoms with Crippen LogP contribution >= 0.6 is 0 Å². The maximum Gasteiger partial charge on any atom is 0.333 e. The number of hydrogen-bond donors (Lipinski definition) is 0. The predicted molar refractivity (Wildman–Crippen MR) is 70.4 cm³/mol. The summed E-state index contributed by atoms with van der Waals surface area (Å²) in [5.74, 6) is -0.304. The fourth-order valence-electron chi connectivity index (χ4n) is 1.22. The first-order chi connectivity index (χ1) is 8.24. The van der Waals surface area contributed by atoms with E-state index in [0.29, 0.717) is 5.57 Å². The molecule has 1 rings (SSSR count). The van der Waals surface area contributed by atoms with Crippen LogP contribution in [0.2, 0.25) is 0 Å². The normalized spacial score (nSPS) is 12.2. The van der Waals surface area contributed by atoms with Gasteiger partial charge in [0.2, 0.25) is 0 Å². The summed E-state index contributed by atoms with van der Waals surface area (Å²) in [7, 11) is 1.37. The zero-order valence-electron chi connectivity index (χ0n) is 10.1. The second-order valence-corrected chi connectivity index (χ2v) is 3.50. The van der Waals surface area contributed by atoms with Crippen LogP contribution in [0.15, 0.2) is 60.2 Å². The van der Waals surface area contributed by atoms with E-state index in [1.807, 2.05) is 54.6 Å². The van der Waals surface area contributed by atoms with E-state index in [4.69, 9.17) is 0 Å². The van der Waals surface area contributed by atoms with Crippen molar-refractivity contribution in [2.24, 2.45) is 0 Å². The molecule has 0 amide bonds. The third-order valence-corrected chi connectivity index (χ3v) is 2.16. The molecule has 0 bridgehead atoms. The summed E-state index contributed by atoms with van der Waals surface area (Å²) in [5.41, 5.74) is 1.72. The molecule has 0 atom stereocenters. The van der Waals surface area contributed by atoms with Gasteiger partial charge in [-0.25, -0.2) is 4.79 Å². The Morgan fingerprint density at radius 2 is 1.82 bits per heavy atom. The van der Waals surface area contributed by atoms with Crippen LogP contribution in [0.1, 0.15) is 12.5 Å². The molecule has 17 heavy (non-hydrogen) atoms. The molecule has 0 unspecified atom stereocenters. The van der Waals surface area contributed by atoms with Gasteiger partial charge >= 0.3 is 5.97 Å².